The molecule has 2 aromatic rings. The Kier molecular flexibility index (Phi) is 13.9. The average Bonchev–Trinajstić information content (AvgIpc) is 2.77. The number of carboxylic acid groups (broad SMARTS) is 3. The predicted molar refractivity (Wildman–Crippen MR) is 124 cm³/mol. The number of hydrogen-bond acceptors (Lipinski definition) is 9. The highest BCUT2D eigenvalue weighted by atomic mass is 32.1. The number of hydrogen-bond donors (Lipinski definition) is 9. The topological polar surface area (TPSA) is 230 Å². The van der Waals surface area contributed by atoms with Gasteiger partial charge >= 0.3 is 17.9 Å². The third kappa shape index (κ3) is 13.6. The molecule has 11 nitrogen and oxygen atoms in total. The van der Waals surface area contributed by atoms with E-state index in [-0.39, 0.29) is 30.1 Å². The number of phenolic OH excluding ortho intramolecular Hbond substituents is 2. The Morgan fingerprint density at radius 1 is 0.636 bits per heavy atom. The lowest BCUT2D eigenvalue weighted by atomic mass is 10.1. The van der Waals surface area contributed by atoms with Crippen molar-refractivity contribution in [3.05, 3.63) is 59.7 Å². The highest BCUT2D eigenvalue weighted by Gasteiger charge is 2.12. The van der Waals surface area contributed by atoms with Gasteiger partial charge in [0.1, 0.15) is 29.6 Å². The number of aromatic hydroxyl groups is 2. The van der Waals surface area contributed by atoms with Crippen LogP contribution >= 0.6 is 12.6 Å². The van der Waals surface area contributed by atoms with Crippen LogP contribution in [0.1, 0.15) is 11.1 Å². The molecule has 0 fully saturated rings. The van der Waals surface area contributed by atoms with Crippen LogP contribution in [0.4, 0.5) is 0 Å². The molecule has 0 heterocycles. The van der Waals surface area contributed by atoms with Gasteiger partial charge < -0.3 is 42.7 Å². The lowest BCUT2D eigenvalue weighted by Crippen LogP contribution is -2.32. The zero-order valence-corrected chi connectivity index (χ0v) is 18.5. The number of thiol groups is 1. The van der Waals surface area contributed by atoms with Crippen molar-refractivity contribution in [3.8, 4) is 11.5 Å². The smallest absolute Gasteiger partial charge is 0.321 e. The van der Waals surface area contributed by atoms with Crippen molar-refractivity contribution < 1.29 is 39.9 Å². The zero-order valence-electron chi connectivity index (χ0n) is 17.6. The van der Waals surface area contributed by atoms with Gasteiger partial charge in [0.15, 0.2) is 0 Å². The zero-order chi connectivity index (χ0) is 25.6. The van der Waals surface area contributed by atoms with Gasteiger partial charge in [-0.2, -0.15) is 12.6 Å². The minimum atomic E-state index is -1.02. The van der Waals surface area contributed by atoms with Crippen molar-refractivity contribution in [2.75, 3.05) is 5.75 Å². The molecule has 0 aliphatic heterocycles. The first-order chi connectivity index (χ1) is 15.4. The van der Waals surface area contributed by atoms with Crippen molar-refractivity contribution >= 4 is 30.5 Å². The van der Waals surface area contributed by atoms with Crippen molar-refractivity contribution in [1.82, 2.24) is 0 Å². The molecule has 0 radical (unpaired) electrons. The molecule has 33 heavy (non-hydrogen) atoms. The van der Waals surface area contributed by atoms with Crippen molar-refractivity contribution in [2.45, 2.75) is 31.0 Å². The summed E-state index contributed by atoms with van der Waals surface area (Å²) in [4.78, 5) is 30.5. The molecule has 0 aromatic heterocycles. The van der Waals surface area contributed by atoms with E-state index in [0.29, 0.717) is 0 Å². The van der Waals surface area contributed by atoms with Gasteiger partial charge in [-0.05, 0) is 48.2 Å². The average molecular weight is 484 g/mol. The largest absolute Gasteiger partial charge is 0.508 e. The number of carboxylic acids is 3. The number of aliphatic carboxylic acids is 3. The molecule has 0 bridgehead atoms. The lowest BCUT2D eigenvalue weighted by Gasteiger charge is -2.05. The molecule has 0 saturated heterocycles. The van der Waals surface area contributed by atoms with Crippen molar-refractivity contribution in [1.29, 1.82) is 0 Å². The first-order valence-corrected chi connectivity index (χ1v) is 10.1. The van der Waals surface area contributed by atoms with Crippen LogP contribution in [-0.2, 0) is 27.2 Å². The maximum Gasteiger partial charge on any atom is 0.321 e. The predicted octanol–water partition coefficient (Wildman–Crippen LogP) is 0.0213. The second kappa shape index (κ2) is 15.5. The third-order valence-electron chi connectivity index (χ3n) is 3.93. The van der Waals surface area contributed by atoms with Crippen molar-refractivity contribution in [3.63, 3.8) is 0 Å². The molecule has 0 saturated carbocycles. The van der Waals surface area contributed by atoms with Crippen LogP contribution in [-0.4, -0.2) is 67.3 Å². The highest BCUT2D eigenvalue weighted by molar-refractivity contribution is 7.80. The van der Waals surface area contributed by atoms with E-state index in [4.69, 9.17) is 42.7 Å². The van der Waals surface area contributed by atoms with E-state index in [1.165, 1.54) is 24.3 Å². The summed E-state index contributed by atoms with van der Waals surface area (Å²) in [6.45, 7) is 0. The van der Waals surface area contributed by atoms with Gasteiger partial charge in [-0.25, -0.2) is 0 Å². The Bertz CT molecular complexity index is 815. The van der Waals surface area contributed by atoms with Crippen LogP contribution in [0.3, 0.4) is 0 Å². The first-order valence-electron chi connectivity index (χ1n) is 9.49. The van der Waals surface area contributed by atoms with Gasteiger partial charge in [0.2, 0.25) is 0 Å². The van der Waals surface area contributed by atoms with Crippen LogP contribution in [0.2, 0.25) is 0 Å². The maximum absolute atomic E-state index is 10.4. The number of phenols is 2. The lowest BCUT2D eigenvalue weighted by molar-refractivity contribution is -0.139. The summed E-state index contributed by atoms with van der Waals surface area (Å²) in [6, 6.07) is 10.0. The number of nitrogens with two attached hydrogens (primary N) is 3. The van der Waals surface area contributed by atoms with E-state index in [9.17, 15) is 14.4 Å². The van der Waals surface area contributed by atoms with Gasteiger partial charge in [0.05, 0.1) is 0 Å². The molecule has 0 spiro atoms. The second-order valence-corrected chi connectivity index (χ2v) is 7.12. The van der Waals surface area contributed by atoms with Gasteiger partial charge in [-0.1, -0.05) is 24.3 Å². The number of benzene rings is 2. The van der Waals surface area contributed by atoms with E-state index in [2.05, 4.69) is 12.6 Å². The quantitative estimate of drug-likeness (QED) is 0.227. The molecule has 0 unspecified atom stereocenters. The van der Waals surface area contributed by atoms with Gasteiger partial charge in [0, 0.05) is 5.75 Å². The Labute approximate surface area is 195 Å². The van der Waals surface area contributed by atoms with Crippen LogP contribution in [0.5, 0.6) is 11.5 Å². The standard InChI is InChI=1S/2C9H11NO3.C3H7NO2S/c2*10-8(9(12)13)5-6-1-3-7(11)4-2-6;4-2(1-7)3(5)6/h2*1-4,8,11H,5,10H2,(H,12,13);2,7H,1,4H2,(H,5,6)/t2*8-;2-/m000/s1. The summed E-state index contributed by atoms with van der Waals surface area (Å²) < 4.78 is 0. The minimum absolute atomic E-state index is 0.160. The number of carbonyl (C=O) groups is 3. The van der Waals surface area contributed by atoms with E-state index in [0.717, 1.165) is 11.1 Å². The summed E-state index contributed by atoms with van der Waals surface area (Å²) in [7, 11) is 0. The molecule has 0 aliphatic carbocycles. The molecule has 0 aliphatic rings. The maximum atomic E-state index is 10.4. The van der Waals surface area contributed by atoms with E-state index in [1.807, 2.05) is 0 Å². The summed E-state index contributed by atoms with van der Waals surface area (Å²) in [5.41, 5.74) is 17.2. The van der Waals surface area contributed by atoms with Crippen LogP contribution in [0, 0.1) is 0 Å². The molecule has 182 valence electrons. The fourth-order valence-electron chi connectivity index (χ4n) is 2.02. The van der Waals surface area contributed by atoms with E-state index in [1.54, 1.807) is 24.3 Å². The van der Waals surface area contributed by atoms with Gasteiger partial charge in [-0.3, -0.25) is 14.4 Å². The summed E-state index contributed by atoms with van der Waals surface area (Å²) in [5, 5.41) is 43.0. The second-order valence-electron chi connectivity index (χ2n) is 6.76. The van der Waals surface area contributed by atoms with Gasteiger partial charge in [0.25, 0.3) is 0 Å². The molecular weight excluding hydrogens is 454 g/mol. The highest BCUT2D eigenvalue weighted by Crippen LogP contribution is 2.11. The molecule has 2 aromatic carbocycles. The fraction of sp³-hybridized carbons (Fsp3) is 0.286. The normalized spacial score (nSPS) is 12.6. The van der Waals surface area contributed by atoms with E-state index >= 15 is 0 Å². The Hall–Kier alpha value is -3.32. The molecule has 3 atom stereocenters. The van der Waals surface area contributed by atoms with Crippen molar-refractivity contribution in [2.24, 2.45) is 17.2 Å². The minimum Gasteiger partial charge on any atom is -0.508 e. The molecular formula is C21H29N3O8S. The van der Waals surface area contributed by atoms with Crippen LogP contribution < -0.4 is 17.2 Å². The summed E-state index contributed by atoms with van der Waals surface area (Å²) in [5.74, 6) is -2.54. The molecule has 0 amide bonds. The van der Waals surface area contributed by atoms with E-state index < -0.39 is 36.0 Å². The summed E-state index contributed by atoms with van der Waals surface area (Å²) in [6.07, 6.45) is 0.547. The van der Waals surface area contributed by atoms with Gasteiger partial charge in [-0.15, -0.1) is 0 Å². The first kappa shape index (κ1) is 29.7. The fourth-order valence-corrected chi connectivity index (χ4v) is 2.18. The Morgan fingerprint density at radius 2 is 0.909 bits per heavy atom. The van der Waals surface area contributed by atoms with Crippen LogP contribution in [0.15, 0.2) is 48.5 Å². The third-order valence-corrected chi connectivity index (χ3v) is 4.33. The SMILES string of the molecule is N[C@@H](CS)C(=O)O.N[C@@H](Cc1ccc(O)cc1)C(=O)O.N[C@@H](Cc1ccc(O)cc1)C(=O)O. The monoisotopic (exact) mass is 483 g/mol. The Morgan fingerprint density at radius 3 is 1.09 bits per heavy atom. The summed E-state index contributed by atoms with van der Waals surface area (Å²) >= 11 is 3.65. The molecule has 11 N–H and O–H groups in total. The molecule has 2 rings (SSSR count). The van der Waals surface area contributed by atoms with Crippen LogP contribution in [0.25, 0.3) is 0 Å². The number of rotatable bonds is 8. The Balaban J connectivity index is 0.000000490. The molecule has 12 heteroatoms.